The largest absolute Gasteiger partial charge is 0.389 e. The molecule has 1 nitrogen and oxygen atoms in total. The molecule has 4 bridgehead atoms. The Bertz CT molecular complexity index is 278. The predicted molar refractivity (Wildman–Crippen MR) is 64.0 cm³/mol. The molecule has 1 unspecified atom stereocenters. The molecule has 90 valence electrons. The molecule has 5 aliphatic carbocycles. The lowest BCUT2D eigenvalue weighted by Crippen LogP contribution is -2.58. The molecule has 1 atom stereocenters. The molecule has 1 heteroatoms. The molecule has 0 amide bonds. The lowest BCUT2D eigenvalue weighted by atomic mass is 9.45. The quantitative estimate of drug-likeness (QED) is 0.756. The topological polar surface area (TPSA) is 20.2 Å². The molecular formula is C15H24O. The molecule has 0 spiro atoms. The smallest absolute Gasteiger partial charge is 0.0704 e. The first kappa shape index (κ1) is 9.94. The zero-order valence-electron chi connectivity index (χ0n) is 10.4. The van der Waals surface area contributed by atoms with Crippen molar-refractivity contribution in [2.75, 3.05) is 0 Å². The minimum Gasteiger partial charge on any atom is -0.389 e. The molecule has 0 aliphatic heterocycles. The fraction of sp³-hybridized carbons (Fsp3) is 1.00. The second-order valence-electron chi connectivity index (χ2n) is 7.62. The van der Waals surface area contributed by atoms with Gasteiger partial charge in [-0.3, -0.25) is 0 Å². The molecule has 0 aromatic heterocycles. The first-order valence-corrected chi connectivity index (χ1v) is 7.31. The van der Waals surface area contributed by atoms with E-state index in [4.69, 9.17) is 0 Å². The van der Waals surface area contributed by atoms with Crippen LogP contribution in [0.2, 0.25) is 0 Å². The summed E-state index contributed by atoms with van der Waals surface area (Å²) in [6.45, 7) is 2.18. The van der Waals surface area contributed by atoms with Crippen molar-refractivity contribution in [3.8, 4) is 0 Å². The van der Waals surface area contributed by atoms with Gasteiger partial charge in [-0.2, -0.15) is 0 Å². The Kier molecular flexibility index (Phi) is 1.77. The SMILES string of the molecule is CC(O)(C1CC1)C12CC3CC(CC(C3)C1)C2. The number of aliphatic hydroxyl groups is 1. The average molecular weight is 220 g/mol. The first-order valence-electron chi connectivity index (χ1n) is 7.31. The maximum Gasteiger partial charge on any atom is 0.0704 e. The zero-order valence-corrected chi connectivity index (χ0v) is 10.4. The molecular weight excluding hydrogens is 196 g/mol. The lowest BCUT2D eigenvalue weighted by Gasteiger charge is -2.62. The summed E-state index contributed by atoms with van der Waals surface area (Å²) in [6.07, 6.45) is 11.1. The first-order chi connectivity index (χ1) is 7.59. The highest BCUT2D eigenvalue weighted by atomic mass is 16.3. The van der Waals surface area contributed by atoms with Gasteiger partial charge >= 0.3 is 0 Å². The molecule has 0 heterocycles. The molecule has 16 heavy (non-hydrogen) atoms. The standard InChI is InChI=1S/C15H24O/c1-14(16,13-2-3-13)15-7-10-4-11(8-15)6-12(5-10)9-15/h10-13,16H,2-9H2,1H3. The van der Waals surface area contributed by atoms with Crippen molar-refractivity contribution in [2.24, 2.45) is 29.1 Å². The Hall–Kier alpha value is -0.0400. The molecule has 5 saturated carbocycles. The van der Waals surface area contributed by atoms with Gasteiger partial charge in [-0.05, 0) is 87.4 Å². The molecule has 0 aromatic carbocycles. The zero-order chi connectivity index (χ0) is 11.0. The highest BCUT2D eigenvalue weighted by Gasteiger charge is 2.61. The van der Waals surface area contributed by atoms with Crippen LogP contribution in [0, 0.1) is 29.1 Å². The van der Waals surface area contributed by atoms with Crippen LogP contribution in [0.25, 0.3) is 0 Å². The summed E-state index contributed by atoms with van der Waals surface area (Å²) in [5, 5.41) is 11.0. The van der Waals surface area contributed by atoms with Crippen LogP contribution in [0.4, 0.5) is 0 Å². The van der Waals surface area contributed by atoms with Crippen LogP contribution < -0.4 is 0 Å². The monoisotopic (exact) mass is 220 g/mol. The summed E-state index contributed by atoms with van der Waals surface area (Å²) in [7, 11) is 0. The third-order valence-corrected chi connectivity index (χ3v) is 6.48. The molecule has 0 saturated heterocycles. The number of hydrogen-bond acceptors (Lipinski definition) is 1. The van der Waals surface area contributed by atoms with Gasteiger partial charge in [0.1, 0.15) is 0 Å². The molecule has 5 aliphatic rings. The van der Waals surface area contributed by atoms with Gasteiger partial charge in [0.05, 0.1) is 5.60 Å². The van der Waals surface area contributed by atoms with Gasteiger partial charge in [0.2, 0.25) is 0 Å². The second-order valence-corrected chi connectivity index (χ2v) is 7.62. The van der Waals surface area contributed by atoms with E-state index in [1.165, 1.54) is 51.4 Å². The normalized spacial score (nSPS) is 54.0. The highest BCUT2D eigenvalue weighted by molar-refractivity contribution is 5.12. The van der Waals surface area contributed by atoms with E-state index in [0.717, 1.165) is 17.8 Å². The molecule has 0 radical (unpaired) electrons. The predicted octanol–water partition coefficient (Wildman–Crippen LogP) is 3.36. The average Bonchev–Trinajstić information content (AvgIpc) is 2.97. The van der Waals surface area contributed by atoms with Gasteiger partial charge < -0.3 is 5.11 Å². The minimum atomic E-state index is -0.330. The summed E-state index contributed by atoms with van der Waals surface area (Å²) in [4.78, 5) is 0. The number of rotatable bonds is 2. The van der Waals surface area contributed by atoms with E-state index >= 15 is 0 Å². The van der Waals surface area contributed by atoms with E-state index in [9.17, 15) is 5.11 Å². The Morgan fingerprint density at radius 2 is 1.38 bits per heavy atom. The van der Waals surface area contributed by atoms with E-state index < -0.39 is 0 Å². The van der Waals surface area contributed by atoms with Crippen LogP contribution >= 0.6 is 0 Å². The van der Waals surface area contributed by atoms with E-state index in [1.807, 2.05) is 0 Å². The summed E-state index contributed by atoms with van der Waals surface area (Å²) in [5.74, 6) is 3.55. The van der Waals surface area contributed by atoms with Gasteiger partial charge in [0, 0.05) is 0 Å². The van der Waals surface area contributed by atoms with Gasteiger partial charge in [0.15, 0.2) is 0 Å². The summed E-state index contributed by atoms with van der Waals surface area (Å²) < 4.78 is 0. The van der Waals surface area contributed by atoms with Crippen LogP contribution in [0.15, 0.2) is 0 Å². The van der Waals surface area contributed by atoms with Gasteiger partial charge in [-0.15, -0.1) is 0 Å². The molecule has 5 fully saturated rings. The van der Waals surface area contributed by atoms with Crippen molar-refractivity contribution in [1.29, 1.82) is 0 Å². The summed E-state index contributed by atoms with van der Waals surface area (Å²) in [5.41, 5.74) is 0.00588. The Morgan fingerprint density at radius 3 is 1.75 bits per heavy atom. The Balaban J connectivity index is 1.70. The van der Waals surface area contributed by atoms with Gasteiger partial charge in [-0.25, -0.2) is 0 Å². The van der Waals surface area contributed by atoms with E-state index in [-0.39, 0.29) is 5.60 Å². The maximum absolute atomic E-state index is 11.0. The van der Waals surface area contributed by atoms with Crippen LogP contribution in [-0.4, -0.2) is 10.7 Å². The number of hydrogen-bond donors (Lipinski definition) is 1. The molecule has 0 aromatic rings. The molecule has 1 N–H and O–H groups in total. The lowest BCUT2D eigenvalue weighted by molar-refractivity contribution is -0.180. The fourth-order valence-corrected chi connectivity index (χ4v) is 5.81. The third kappa shape index (κ3) is 1.16. The van der Waals surface area contributed by atoms with Crippen molar-refractivity contribution in [2.45, 2.75) is 63.9 Å². The van der Waals surface area contributed by atoms with E-state index in [2.05, 4.69) is 6.92 Å². The van der Waals surface area contributed by atoms with Crippen molar-refractivity contribution >= 4 is 0 Å². The van der Waals surface area contributed by atoms with Gasteiger partial charge in [0.25, 0.3) is 0 Å². The Morgan fingerprint density at radius 1 is 0.938 bits per heavy atom. The summed E-state index contributed by atoms with van der Waals surface area (Å²) >= 11 is 0. The van der Waals surface area contributed by atoms with E-state index in [1.54, 1.807) is 0 Å². The highest BCUT2D eigenvalue weighted by Crippen LogP contribution is 2.66. The third-order valence-electron chi connectivity index (χ3n) is 6.48. The summed E-state index contributed by atoms with van der Waals surface area (Å²) in [6, 6.07) is 0. The van der Waals surface area contributed by atoms with Crippen LogP contribution in [0.5, 0.6) is 0 Å². The van der Waals surface area contributed by atoms with Gasteiger partial charge in [-0.1, -0.05) is 0 Å². The van der Waals surface area contributed by atoms with Crippen molar-refractivity contribution < 1.29 is 5.11 Å². The van der Waals surface area contributed by atoms with Crippen LogP contribution in [0.3, 0.4) is 0 Å². The maximum atomic E-state index is 11.0. The Labute approximate surface area is 98.6 Å². The van der Waals surface area contributed by atoms with Crippen LogP contribution in [-0.2, 0) is 0 Å². The van der Waals surface area contributed by atoms with Crippen molar-refractivity contribution in [3.05, 3.63) is 0 Å². The molecule has 5 rings (SSSR count). The van der Waals surface area contributed by atoms with Crippen molar-refractivity contribution in [1.82, 2.24) is 0 Å². The van der Waals surface area contributed by atoms with E-state index in [0.29, 0.717) is 11.3 Å². The minimum absolute atomic E-state index is 0.330. The fourth-order valence-electron chi connectivity index (χ4n) is 5.81. The van der Waals surface area contributed by atoms with Crippen LogP contribution in [0.1, 0.15) is 58.3 Å². The van der Waals surface area contributed by atoms with Crippen molar-refractivity contribution in [3.63, 3.8) is 0 Å². The second kappa shape index (κ2) is 2.85.